The number of carbonyl (C=O) groups excluding carboxylic acids is 1. The Hall–Kier alpha value is -2.99. The van der Waals surface area contributed by atoms with E-state index < -0.39 is 0 Å². The van der Waals surface area contributed by atoms with Crippen molar-refractivity contribution in [3.8, 4) is 5.82 Å². The van der Waals surface area contributed by atoms with Gasteiger partial charge in [0.15, 0.2) is 5.82 Å². The molecule has 2 aromatic heterocycles. The molecule has 26 heavy (non-hydrogen) atoms. The van der Waals surface area contributed by atoms with Gasteiger partial charge in [0.1, 0.15) is 0 Å². The van der Waals surface area contributed by atoms with Crippen molar-refractivity contribution in [3.05, 3.63) is 78.2 Å². The van der Waals surface area contributed by atoms with E-state index in [2.05, 4.69) is 39.7 Å². The fourth-order valence-electron chi connectivity index (χ4n) is 3.31. The third-order valence-corrected chi connectivity index (χ3v) is 4.60. The Bertz CT molecular complexity index is 863. The Morgan fingerprint density at radius 1 is 1.15 bits per heavy atom. The highest BCUT2D eigenvalue weighted by molar-refractivity contribution is 5.94. The molecule has 0 spiro atoms. The third kappa shape index (κ3) is 3.65. The number of hydrogen-bond acceptors (Lipinski definition) is 4. The van der Waals surface area contributed by atoms with Gasteiger partial charge in [-0.3, -0.25) is 4.79 Å². The van der Waals surface area contributed by atoms with Gasteiger partial charge in [0.2, 0.25) is 0 Å². The van der Waals surface area contributed by atoms with Gasteiger partial charge in [-0.05, 0) is 30.2 Å². The molecule has 1 aliphatic heterocycles. The minimum Gasteiger partial charge on any atom is -0.336 e. The van der Waals surface area contributed by atoms with E-state index in [9.17, 15) is 4.79 Å². The number of benzene rings is 1. The first-order valence-electron chi connectivity index (χ1n) is 8.82. The molecule has 0 radical (unpaired) electrons. The normalized spacial score (nSPS) is 17.2. The number of pyridine rings is 1. The minimum atomic E-state index is 0.0420. The smallest absolute Gasteiger partial charge is 0.254 e. The predicted octanol–water partition coefficient (Wildman–Crippen LogP) is 1.92. The van der Waals surface area contributed by atoms with Crippen molar-refractivity contribution in [2.75, 3.05) is 19.6 Å². The van der Waals surface area contributed by atoms with Crippen molar-refractivity contribution in [1.29, 1.82) is 0 Å². The Morgan fingerprint density at radius 2 is 2.04 bits per heavy atom. The summed E-state index contributed by atoms with van der Waals surface area (Å²) in [7, 11) is 0. The molecule has 1 fully saturated rings. The first-order chi connectivity index (χ1) is 12.8. The Kier molecular flexibility index (Phi) is 4.75. The topological polar surface area (TPSA) is 63.1 Å². The molecule has 1 saturated heterocycles. The highest BCUT2D eigenvalue weighted by Gasteiger charge is 2.24. The largest absolute Gasteiger partial charge is 0.336 e. The highest BCUT2D eigenvalue weighted by atomic mass is 16.2. The van der Waals surface area contributed by atoms with Gasteiger partial charge in [-0.1, -0.05) is 30.3 Å². The van der Waals surface area contributed by atoms with Crippen LogP contribution in [0.25, 0.3) is 5.82 Å². The summed E-state index contributed by atoms with van der Waals surface area (Å²) in [5, 5.41) is 7.69. The van der Waals surface area contributed by atoms with E-state index >= 15 is 0 Å². The molecule has 3 heterocycles. The number of rotatable bonds is 4. The zero-order valence-electron chi connectivity index (χ0n) is 14.5. The molecule has 4 rings (SSSR count). The lowest BCUT2D eigenvalue weighted by Gasteiger charge is -2.34. The minimum absolute atomic E-state index is 0.0420. The summed E-state index contributed by atoms with van der Waals surface area (Å²) < 4.78 is 1.66. The molecule has 6 nitrogen and oxygen atoms in total. The maximum absolute atomic E-state index is 13.0. The first kappa shape index (κ1) is 16.5. The number of nitrogens with one attached hydrogen (secondary N) is 1. The molecule has 132 valence electrons. The van der Waals surface area contributed by atoms with Crippen molar-refractivity contribution in [2.45, 2.75) is 12.5 Å². The van der Waals surface area contributed by atoms with E-state index in [1.54, 1.807) is 29.2 Å². The first-order valence-corrected chi connectivity index (χ1v) is 8.82. The van der Waals surface area contributed by atoms with Crippen LogP contribution in [0.15, 0.2) is 67.1 Å². The van der Waals surface area contributed by atoms with Gasteiger partial charge in [0, 0.05) is 49.8 Å². The van der Waals surface area contributed by atoms with Gasteiger partial charge in [0.05, 0.1) is 0 Å². The second-order valence-electron chi connectivity index (χ2n) is 6.45. The molecule has 1 atom stereocenters. The quantitative estimate of drug-likeness (QED) is 0.783. The maximum Gasteiger partial charge on any atom is 0.254 e. The third-order valence-electron chi connectivity index (χ3n) is 4.60. The monoisotopic (exact) mass is 347 g/mol. The summed E-state index contributed by atoms with van der Waals surface area (Å²) in [5.74, 6) is 0.692. The van der Waals surface area contributed by atoms with Crippen LogP contribution >= 0.6 is 0 Å². The highest BCUT2D eigenvalue weighted by Crippen LogP contribution is 2.13. The Balaban J connectivity index is 1.47. The second kappa shape index (κ2) is 7.49. The zero-order chi connectivity index (χ0) is 17.8. The van der Waals surface area contributed by atoms with Crippen LogP contribution in [0, 0.1) is 0 Å². The molecular formula is C20H21N5O. The standard InChI is InChI=1S/C20H21N5O/c26-20(17-7-9-22-19(14-17)25-11-4-8-23-25)24-12-10-21-18(15-24)13-16-5-2-1-3-6-16/h1-9,11,14,18,21H,10,12-13,15H2. The summed E-state index contributed by atoms with van der Waals surface area (Å²) >= 11 is 0. The van der Waals surface area contributed by atoms with Gasteiger partial charge in [0.25, 0.3) is 5.91 Å². The van der Waals surface area contributed by atoms with Crippen LogP contribution < -0.4 is 5.32 Å². The molecule has 1 unspecified atom stereocenters. The zero-order valence-corrected chi connectivity index (χ0v) is 14.5. The van der Waals surface area contributed by atoms with Crippen LogP contribution in [-0.4, -0.2) is 51.2 Å². The molecule has 0 saturated carbocycles. The van der Waals surface area contributed by atoms with Gasteiger partial charge in [-0.15, -0.1) is 0 Å². The van der Waals surface area contributed by atoms with Gasteiger partial charge in [-0.2, -0.15) is 5.10 Å². The molecule has 3 aromatic rings. The lowest BCUT2D eigenvalue weighted by molar-refractivity contribution is 0.0702. The van der Waals surface area contributed by atoms with E-state index in [0.717, 1.165) is 13.0 Å². The van der Waals surface area contributed by atoms with Crippen LogP contribution in [0.5, 0.6) is 0 Å². The summed E-state index contributed by atoms with van der Waals surface area (Å²) in [5.41, 5.74) is 1.93. The predicted molar refractivity (Wildman–Crippen MR) is 99.2 cm³/mol. The number of piperazine rings is 1. The SMILES string of the molecule is O=C(c1ccnc(-n2cccn2)c1)N1CCNC(Cc2ccccc2)C1. The summed E-state index contributed by atoms with van der Waals surface area (Å²) in [6.07, 6.45) is 6.09. The van der Waals surface area contributed by atoms with E-state index in [-0.39, 0.29) is 11.9 Å². The maximum atomic E-state index is 13.0. The number of aromatic nitrogens is 3. The van der Waals surface area contributed by atoms with Gasteiger partial charge in [-0.25, -0.2) is 9.67 Å². The summed E-state index contributed by atoms with van der Waals surface area (Å²) in [6.45, 7) is 2.22. The molecule has 1 aliphatic rings. The van der Waals surface area contributed by atoms with Crippen LogP contribution in [0.2, 0.25) is 0 Å². The van der Waals surface area contributed by atoms with E-state index in [4.69, 9.17) is 0 Å². The molecule has 1 N–H and O–H groups in total. The Labute approximate surface area is 152 Å². The van der Waals surface area contributed by atoms with Crippen LogP contribution in [0.4, 0.5) is 0 Å². The summed E-state index contributed by atoms with van der Waals surface area (Å²) in [6, 6.07) is 16.0. The van der Waals surface area contributed by atoms with Crippen LogP contribution in [0.1, 0.15) is 15.9 Å². The number of hydrogen-bond donors (Lipinski definition) is 1. The number of nitrogens with zero attached hydrogens (tertiary/aromatic N) is 4. The van der Waals surface area contributed by atoms with Gasteiger partial charge >= 0.3 is 0 Å². The lowest BCUT2D eigenvalue weighted by Crippen LogP contribution is -2.53. The van der Waals surface area contributed by atoms with Crippen molar-refractivity contribution < 1.29 is 4.79 Å². The summed E-state index contributed by atoms with van der Waals surface area (Å²) in [4.78, 5) is 19.2. The van der Waals surface area contributed by atoms with Crippen LogP contribution in [0.3, 0.4) is 0 Å². The molecule has 0 bridgehead atoms. The Morgan fingerprint density at radius 3 is 2.85 bits per heavy atom. The number of carbonyl (C=O) groups is 1. The van der Waals surface area contributed by atoms with Crippen molar-refractivity contribution in [2.24, 2.45) is 0 Å². The van der Waals surface area contributed by atoms with Crippen LogP contribution in [-0.2, 0) is 6.42 Å². The molecular weight excluding hydrogens is 326 g/mol. The number of amides is 1. The molecule has 6 heteroatoms. The van der Waals surface area contributed by atoms with Crippen molar-refractivity contribution in [1.82, 2.24) is 25.0 Å². The molecule has 1 amide bonds. The molecule has 0 aliphatic carbocycles. The fourth-order valence-corrected chi connectivity index (χ4v) is 3.31. The van der Waals surface area contributed by atoms with E-state index in [1.807, 2.05) is 23.2 Å². The van der Waals surface area contributed by atoms with Gasteiger partial charge < -0.3 is 10.2 Å². The molecule has 1 aromatic carbocycles. The fraction of sp³-hybridized carbons (Fsp3) is 0.250. The van der Waals surface area contributed by atoms with E-state index in [1.165, 1.54) is 5.56 Å². The van der Waals surface area contributed by atoms with Crippen molar-refractivity contribution in [3.63, 3.8) is 0 Å². The lowest BCUT2D eigenvalue weighted by atomic mass is 10.0. The van der Waals surface area contributed by atoms with E-state index in [0.29, 0.717) is 24.5 Å². The second-order valence-corrected chi connectivity index (χ2v) is 6.45. The average Bonchev–Trinajstić information content (AvgIpc) is 3.23. The van der Waals surface area contributed by atoms with Crippen molar-refractivity contribution >= 4 is 5.91 Å². The average molecular weight is 347 g/mol.